The van der Waals surface area contributed by atoms with E-state index >= 15 is 0 Å². The monoisotopic (exact) mass is 929 g/mol. The molecule has 64 heavy (non-hydrogen) atoms. The summed E-state index contributed by atoms with van der Waals surface area (Å²) >= 11 is 13.2. The second-order valence-corrected chi connectivity index (χ2v) is 19.8. The lowest BCUT2D eigenvalue weighted by Gasteiger charge is -2.23. The van der Waals surface area contributed by atoms with Gasteiger partial charge in [0.25, 0.3) is 0 Å². The minimum Gasteiger partial charge on any atom is -0.463 e. The molecule has 0 radical (unpaired) electrons. The van der Waals surface area contributed by atoms with E-state index in [4.69, 9.17) is 32.7 Å². The molecule has 0 spiro atoms. The van der Waals surface area contributed by atoms with Crippen molar-refractivity contribution in [1.82, 2.24) is 0 Å². The van der Waals surface area contributed by atoms with Crippen LogP contribution in [0, 0.1) is 11.8 Å². The second kappa shape index (κ2) is 30.5. The fourth-order valence-electron chi connectivity index (χ4n) is 9.16. The van der Waals surface area contributed by atoms with Crippen molar-refractivity contribution in [3.05, 3.63) is 95.1 Å². The number of benzene rings is 2. The number of unbranched alkanes of at least 4 members (excludes halogenated alkanes) is 6. The number of ether oxygens (including phenoxy) is 2. The molecule has 2 saturated carbocycles. The molecular weight excluding hydrogens is 847 g/mol. The summed E-state index contributed by atoms with van der Waals surface area (Å²) in [7, 11) is 0. The molecule has 2 aromatic rings. The number of halogens is 2. The smallest absolute Gasteiger partial charge is 0.306 e. The molecule has 0 heterocycles. The Labute approximate surface area is 396 Å². The van der Waals surface area contributed by atoms with Crippen LogP contribution in [0.15, 0.2) is 72.8 Å². The highest BCUT2D eigenvalue weighted by Gasteiger charge is 2.42. The number of hydrogen-bond donors (Lipinski definition) is 4. The minimum absolute atomic E-state index is 0.00514. The predicted molar refractivity (Wildman–Crippen MR) is 262 cm³/mol. The number of hydrogen-bond acceptors (Lipinski definition) is 8. The van der Waals surface area contributed by atoms with Crippen molar-refractivity contribution in [2.24, 2.45) is 11.8 Å². The van der Waals surface area contributed by atoms with Gasteiger partial charge in [0.15, 0.2) is 0 Å². The first-order chi connectivity index (χ1) is 30.7. The third kappa shape index (κ3) is 19.6. The molecule has 4 rings (SSSR count). The summed E-state index contributed by atoms with van der Waals surface area (Å²) in [5.41, 5.74) is 4.04. The molecule has 2 fully saturated rings. The van der Waals surface area contributed by atoms with Crippen LogP contribution >= 0.6 is 23.2 Å². The molecule has 10 heteroatoms. The highest BCUT2D eigenvalue weighted by Crippen LogP contribution is 2.46. The average Bonchev–Trinajstić information content (AvgIpc) is 3.70. The van der Waals surface area contributed by atoms with Gasteiger partial charge in [0, 0.05) is 35.4 Å². The molecule has 8 nitrogen and oxygen atoms in total. The summed E-state index contributed by atoms with van der Waals surface area (Å²) in [4.78, 5) is 23.2. The topological polar surface area (TPSA) is 134 Å². The molecule has 0 aliphatic heterocycles. The molecule has 0 unspecified atom stereocenters. The Bertz CT molecular complexity index is 1520. The molecule has 2 aliphatic carbocycles. The molecule has 360 valence electrons. The van der Waals surface area contributed by atoms with Crippen molar-refractivity contribution in [3.63, 3.8) is 0 Å². The average molecular weight is 930 g/mol. The SMILES string of the molecule is CCCCC[C@@H](O)c1ccc([C@@H]2[C@@H](C/C=C\CCCC(=O)OC(C)C)[C@H](Cl)C[C@H]2O)cc1.CCCCC[C@H](O)c1ccc([C@@H]2[C@@H](C/C=C\CCCC(=O)OC(C)C)[C@H](Cl)C[C@H]2O)cc1. The van der Waals surface area contributed by atoms with Crippen LogP contribution < -0.4 is 0 Å². The van der Waals surface area contributed by atoms with Crippen molar-refractivity contribution < 1.29 is 39.5 Å². The van der Waals surface area contributed by atoms with Gasteiger partial charge in [0.05, 0.1) is 36.6 Å². The van der Waals surface area contributed by atoms with Gasteiger partial charge in [-0.05, 0) is 126 Å². The fourth-order valence-corrected chi connectivity index (χ4v) is 10.0. The van der Waals surface area contributed by atoms with Crippen molar-refractivity contribution >= 4 is 35.1 Å². The van der Waals surface area contributed by atoms with Crippen LogP contribution in [0.4, 0.5) is 0 Å². The van der Waals surface area contributed by atoms with E-state index in [0.29, 0.717) is 25.7 Å². The largest absolute Gasteiger partial charge is 0.463 e. The molecule has 0 amide bonds. The number of aliphatic hydroxyl groups is 4. The lowest BCUT2D eigenvalue weighted by molar-refractivity contribution is -0.148. The van der Waals surface area contributed by atoms with Gasteiger partial charge in [0.1, 0.15) is 0 Å². The summed E-state index contributed by atoms with van der Waals surface area (Å²) in [6, 6.07) is 16.1. The van der Waals surface area contributed by atoms with Gasteiger partial charge < -0.3 is 29.9 Å². The first-order valence-corrected chi connectivity index (χ1v) is 25.4. The Kier molecular flexibility index (Phi) is 26.5. The van der Waals surface area contributed by atoms with Gasteiger partial charge in [-0.2, -0.15) is 0 Å². The Hall–Kier alpha value is -2.72. The third-order valence-corrected chi connectivity index (χ3v) is 13.6. The number of carbonyl (C=O) groups is 2. The van der Waals surface area contributed by atoms with E-state index in [1.807, 2.05) is 76.2 Å². The lowest BCUT2D eigenvalue weighted by Crippen LogP contribution is -2.18. The number of rotatable bonds is 26. The zero-order chi connectivity index (χ0) is 47.0. The third-order valence-electron chi connectivity index (χ3n) is 12.6. The minimum atomic E-state index is -0.456. The van der Waals surface area contributed by atoms with E-state index in [2.05, 4.69) is 38.2 Å². The Morgan fingerprint density at radius 1 is 0.594 bits per heavy atom. The van der Waals surface area contributed by atoms with Crippen molar-refractivity contribution in [2.45, 2.75) is 216 Å². The normalized spacial score (nSPS) is 24.3. The lowest BCUT2D eigenvalue weighted by atomic mass is 9.84. The number of alkyl halides is 2. The summed E-state index contributed by atoms with van der Waals surface area (Å²) in [5, 5.41) is 42.0. The van der Waals surface area contributed by atoms with Crippen LogP contribution in [0.25, 0.3) is 0 Å². The van der Waals surface area contributed by atoms with Crippen LogP contribution in [0.5, 0.6) is 0 Å². The summed E-state index contributed by atoms with van der Waals surface area (Å²) < 4.78 is 10.3. The molecule has 2 aromatic carbocycles. The van der Waals surface area contributed by atoms with E-state index in [1.165, 1.54) is 0 Å². The molecule has 4 N–H and O–H groups in total. The summed E-state index contributed by atoms with van der Waals surface area (Å²) in [6.45, 7) is 11.7. The number of carbonyl (C=O) groups excluding carboxylic acids is 2. The molecule has 2 aliphatic rings. The predicted octanol–water partition coefficient (Wildman–Crippen LogP) is 12.9. The van der Waals surface area contributed by atoms with E-state index < -0.39 is 24.4 Å². The van der Waals surface area contributed by atoms with E-state index in [9.17, 15) is 30.0 Å². The quantitative estimate of drug-likeness (QED) is 0.0317. The van der Waals surface area contributed by atoms with Gasteiger partial charge in [0.2, 0.25) is 0 Å². The maximum atomic E-state index is 11.6. The van der Waals surface area contributed by atoms with Crippen LogP contribution in [-0.2, 0) is 19.1 Å². The van der Waals surface area contributed by atoms with Crippen molar-refractivity contribution in [1.29, 1.82) is 0 Å². The Morgan fingerprint density at radius 3 is 1.28 bits per heavy atom. The van der Waals surface area contributed by atoms with E-state index in [-0.39, 0.29) is 58.6 Å². The Balaban J connectivity index is 0.000000340. The van der Waals surface area contributed by atoms with Crippen LogP contribution in [0.2, 0.25) is 0 Å². The highest BCUT2D eigenvalue weighted by molar-refractivity contribution is 6.21. The molecule has 0 saturated heterocycles. The van der Waals surface area contributed by atoms with Crippen LogP contribution in [0.3, 0.4) is 0 Å². The standard InChI is InChI=1S/2C27H41ClO4/c2*1-4-5-8-12-24(29)20-14-16-21(17-15-20)27-22(23(28)18-25(27)30)11-9-6-7-10-13-26(31)32-19(2)3/h2*6,9,14-17,19,22-25,27,29-30H,4-5,7-8,10-13,18H2,1-3H3/b2*9-6-/t22-,23+,24+,25+,27+;22-,23+,24-,25+,27+/m00/s1. The van der Waals surface area contributed by atoms with E-state index in [0.717, 1.165) is 112 Å². The van der Waals surface area contributed by atoms with Gasteiger partial charge >= 0.3 is 11.9 Å². The molecule has 0 bridgehead atoms. The van der Waals surface area contributed by atoms with Gasteiger partial charge in [-0.15, -0.1) is 23.2 Å². The number of esters is 2. The molecule has 10 atom stereocenters. The number of aliphatic hydroxyl groups excluding tert-OH is 4. The van der Waals surface area contributed by atoms with Gasteiger partial charge in [-0.3, -0.25) is 9.59 Å². The summed E-state index contributed by atoms with van der Waals surface area (Å²) in [5.74, 6) is 0.0199. The zero-order valence-electron chi connectivity index (χ0n) is 39.8. The van der Waals surface area contributed by atoms with Crippen LogP contribution in [-0.4, -0.2) is 67.5 Å². The first kappa shape index (κ1) is 55.6. The maximum Gasteiger partial charge on any atom is 0.306 e. The van der Waals surface area contributed by atoms with Gasteiger partial charge in [-0.1, -0.05) is 125 Å². The first-order valence-electron chi connectivity index (χ1n) is 24.6. The maximum absolute atomic E-state index is 11.6. The van der Waals surface area contributed by atoms with E-state index in [1.54, 1.807) is 0 Å². The highest BCUT2D eigenvalue weighted by atomic mass is 35.5. The van der Waals surface area contributed by atoms with Gasteiger partial charge in [-0.25, -0.2) is 0 Å². The second-order valence-electron chi connectivity index (χ2n) is 18.6. The fraction of sp³-hybridized carbons (Fsp3) is 0.667. The number of allylic oxidation sites excluding steroid dienone is 4. The molecular formula is C54H82Cl2O8. The van der Waals surface area contributed by atoms with Crippen molar-refractivity contribution in [2.75, 3.05) is 0 Å². The Morgan fingerprint density at radius 2 is 0.953 bits per heavy atom. The zero-order valence-corrected chi connectivity index (χ0v) is 41.3. The van der Waals surface area contributed by atoms with Crippen molar-refractivity contribution in [3.8, 4) is 0 Å². The van der Waals surface area contributed by atoms with Crippen LogP contribution in [0.1, 0.15) is 203 Å². The molecule has 0 aromatic heterocycles. The summed E-state index contributed by atoms with van der Waals surface area (Å²) in [6.07, 6.45) is 21.6.